The van der Waals surface area contributed by atoms with Gasteiger partial charge in [0, 0.05) is 25.3 Å². The third-order valence-electron chi connectivity index (χ3n) is 4.11. The lowest BCUT2D eigenvalue weighted by molar-refractivity contribution is 0.122. The van der Waals surface area contributed by atoms with Crippen LogP contribution in [0.1, 0.15) is 11.1 Å². The molecule has 0 saturated carbocycles. The number of benzene rings is 2. The maximum Gasteiger partial charge on any atom is 0.240 e. The molecular weight excluding hydrogens is 324 g/mol. The fraction of sp³-hybridized carbons (Fsp3) is 0.333. The Labute approximate surface area is 143 Å². The van der Waals surface area contributed by atoms with Crippen LogP contribution in [0.15, 0.2) is 53.4 Å². The van der Waals surface area contributed by atoms with E-state index in [1.807, 2.05) is 31.2 Å². The summed E-state index contributed by atoms with van der Waals surface area (Å²) in [6, 6.07) is 14.8. The summed E-state index contributed by atoms with van der Waals surface area (Å²) in [5.41, 5.74) is 3.11. The van der Waals surface area contributed by atoms with E-state index in [1.54, 1.807) is 24.3 Å². The zero-order chi connectivity index (χ0) is 17.0. The Morgan fingerprint density at radius 1 is 1.00 bits per heavy atom. The van der Waals surface area contributed by atoms with Crippen LogP contribution in [-0.2, 0) is 21.3 Å². The molecule has 1 aliphatic heterocycles. The first-order valence-electron chi connectivity index (χ1n) is 8.02. The third-order valence-corrected chi connectivity index (χ3v) is 5.53. The lowest BCUT2D eigenvalue weighted by Crippen LogP contribution is -2.36. The van der Waals surface area contributed by atoms with E-state index in [-0.39, 0.29) is 11.4 Å². The number of hydrogen-bond acceptors (Lipinski definition) is 4. The van der Waals surface area contributed by atoms with Gasteiger partial charge in [-0.2, -0.15) is 0 Å². The molecule has 1 saturated heterocycles. The maximum absolute atomic E-state index is 12.3. The second kappa shape index (κ2) is 7.34. The van der Waals surface area contributed by atoms with Crippen LogP contribution < -0.4 is 9.62 Å². The van der Waals surface area contributed by atoms with Crippen LogP contribution in [0, 0.1) is 6.92 Å². The van der Waals surface area contributed by atoms with Gasteiger partial charge in [-0.05, 0) is 36.8 Å². The summed E-state index contributed by atoms with van der Waals surface area (Å²) >= 11 is 0. The van der Waals surface area contributed by atoms with Crippen molar-refractivity contribution in [3.63, 3.8) is 0 Å². The highest BCUT2D eigenvalue weighted by Crippen LogP contribution is 2.17. The molecule has 2 aromatic carbocycles. The van der Waals surface area contributed by atoms with Crippen LogP contribution in [0.25, 0.3) is 0 Å². The molecule has 2 aromatic rings. The zero-order valence-electron chi connectivity index (χ0n) is 13.7. The number of nitrogens with one attached hydrogen (secondary N) is 1. The Bertz CT molecular complexity index is 765. The summed E-state index contributed by atoms with van der Waals surface area (Å²) in [7, 11) is -3.48. The predicted octanol–water partition coefficient (Wildman–Crippen LogP) is 2.31. The Kier molecular flexibility index (Phi) is 5.18. The minimum absolute atomic E-state index is 0.277. The zero-order valence-corrected chi connectivity index (χ0v) is 14.6. The molecule has 0 spiro atoms. The molecule has 128 valence electrons. The summed E-state index contributed by atoms with van der Waals surface area (Å²) in [6.07, 6.45) is 0. The summed E-state index contributed by atoms with van der Waals surface area (Å²) in [5, 5.41) is 0. The van der Waals surface area contributed by atoms with Crippen molar-refractivity contribution in [1.29, 1.82) is 0 Å². The van der Waals surface area contributed by atoms with Crippen molar-refractivity contribution in [3.05, 3.63) is 59.7 Å². The molecule has 0 aromatic heterocycles. The van der Waals surface area contributed by atoms with Crippen molar-refractivity contribution in [1.82, 2.24) is 4.72 Å². The van der Waals surface area contributed by atoms with E-state index in [0.29, 0.717) is 0 Å². The van der Waals surface area contributed by atoms with Crippen molar-refractivity contribution >= 4 is 15.7 Å². The van der Waals surface area contributed by atoms with Gasteiger partial charge in [0.15, 0.2) is 0 Å². The van der Waals surface area contributed by atoms with Crippen LogP contribution in [0.2, 0.25) is 0 Å². The number of rotatable bonds is 5. The van der Waals surface area contributed by atoms with E-state index in [9.17, 15) is 8.42 Å². The average molecular weight is 346 g/mol. The fourth-order valence-corrected chi connectivity index (χ4v) is 3.64. The molecule has 5 nitrogen and oxygen atoms in total. The van der Waals surface area contributed by atoms with E-state index >= 15 is 0 Å². The average Bonchev–Trinajstić information content (AvgIpc) is 2.62. The van der Waals surface area contributed by atoms with Gasteiger partial charge in [-0.25, -0.2) is 13.1 Å². The molecule has 0 atom stereocenters. The van der Waals surface area contributed by atoms with Gasteiger partial charge in [-0.15, -0.1) is 0 Å². The molecule has 0 aliphatic carbocycles. The largest absolute Gasteiger partial charge is 0.378 e. The smallest absolute Gasteiger partial charge is 0.240 e. The normalized spacial score (nSPS) is 15.5. The number of ether oxygens (including phenoxy) is 1. The minimum Gasteiger partial charge on any atom is -0.378 e. The lowest BCUT2D eigenvalue weighted by atomic mass is 10.2. The number of sulfonamides is 1. The van der Waals surface area contributed by atoms with Gasteiger partial charge in [0.2, 0.25) is 10.0 Å². The molecule has 0 bridgehead atoms. The topological polar surface area (TPSA) is 58.6 Å². The number of hydrogen-bond donors (Lipinski definition) is 1. The van der Waals surface area contributed by atoms with Crippen LogP contribution in [-0.4, -0.2) is 34.7 Å². The van der Waals surface area contributed by atoms with E-state index in [2.05, 4.69) is 9.62 Å². The molecule has 24 heavy (non-hydrogen) atoms. The van der Waals surface area contributed by atoms with Crippen molar-refractivity contribution in [2.24, 2.45) is 0 Å². The molecule has 1 heterocycles. The van der Waals surface area contributed by atoms with Crippen LogP contribution in [0.5, 0.6) is 0 Å². The van der Waals surface area contributed by atoms with Crippen LogP contribution in [0.3, 0.4) is 0 Å². The first-order chi connectivity index (χ1) is 11.5. The fourth-order valence-electron chi connectivity index (χ4n) is 2.63. The highest BCUT2D eigenvalue weighted by molar-refractivity contribution is 7.89. The standard InChI is InChI=1S/C18H22N2O3S/c1-15-2-8-18(9-3-15)24(21,22)19-14-16-4-6-17(7-5-16)20-10-12-23-13-11-20/h2-9,19H,10-14H2,1H3. The summed E-state index contributed by atoms with van der Waals surface area (Å²) in [4.78, 5) is 2.56. The molecule has 1 N–H and O–H groups in total. The molecule has 6 heteroatoms. The first kappa shape index (κ1) is 17.0. The number of morpholine rings is 1. The van der Waals surface area contributed by atoms with Crippen LogP contribution in [0.4, 0.5) is 5.69 Å². The molecule has 0 radical (unpaired) electrons. The van der Waals surface area contributed by atoms with Gasteiger partial charge >= 0.3 is 0 Å². The second-order valence-corrected chi connectivity index (χ2v) is 7.67. The molecule has 0 amide bonds. The summed E-state index contributed by atoms with van der Waals surface area (Å²) < 4.78 is 32.6. The third kappa shape index (κ3) is 4.14. The van der Waals surface area contributed by atoms with Gasteiger partial charge in [0.25, 0.3) is 0 Å². The van der Waals surface area contributed by atoms with Crippen molar-refractivity contribution in [2.45, 2.75) is 18.4 Å². The van der Waals surface area contributed by atoms with Gasteiger partial charge in [0.1, 0.15) is 0 Å². The Balaban J connectivity index is 1.62. The first-order valence-corrected chi connectivity index (χ1v) is 9.51. The molecular formula is C18H22N2O3S. The lowest BCUT2D eigenvalue weighted by Gasteiger charge is -2.28. The molecule has 1 aliphatic rings. The monoisotopic (exact) mass is 346 g/mol. The summed E-state index contributed by atoms with van der Waals surface area (Å²) in [6.45, 7) is 5.48. The minimum atomic E-state index is -3.48. The van der Waals surface area contributed by atoms with Crippen LogP contribution >= 0.6 is 0 Å². The predicted molar refractivity (Wildman–Crippen MR) is 94.7 cm³/mol. The van der Waals surface area contributed by atoms with E-state index in [4.69, 9.17) is 4.74 Å². The number of anilines is 1. The van der Waals surface area contributed by atoms with Crippen molar-refractivity contribution in [2.75, 3.05) is 31.2 Å². The highest BCUT2D eigenvalue weighted by Gasteiger charge is 2.14. The van der Waals surface area contributed by atoms with Crippen molar-refractivity contribution in [3.8, 4) is 0 Å². The highest BCUT2D eigenvalue weighted by atomic mass is 32.2. The second-order valence-electron chi connectivity index (χ2n) is 5.90. The van der Waals surface area contributed by atoms with E-state index in [0.717, 1.165) is 43.1 Å². The number of aryl methyl sites for hydroxylation is 1. The van der Waals surface area contributed by atoms with Crippen molar-refractivity contribution < 1.29 is 13.2 Å². The molecule has 0 unspecified atom stereocenters. The molecule has 3 rings (SSSR count). The Morgan fingerprint density at radius 3 is 2.25 bits per heavy atom. The quantitative estimate of drug-likeness (QED) is 0.903. The maximum atomic E-state index is 12.3. The SMILES string of the molecule is Cc1ccc(S(=O)(=O)NCc2ccc(N3CCOCC3)cc2)cc1. The van der Waals surface area contributed by atoms with Gasteiger partial charge < -0.3 is 9.64 Å². The van der Waals surface area contributed by atoms with E-state index in [1.165, 1.54) is 0 Å². The number of nitrogens with zero attached hydrogens (tertiary/aromatic N) is 1. The molecule has 1 fully saturated rings. The Hall–Kier alpha value is -1.89. The van der Waals surface area contributed by atoms with Gasteiger partial charge in [0.05, 0.1) is 18.1 Å². The van der Waals surface area contributed by atoms with Gasteiger partial charge in [-0.3, -0.25) is 0 Å². The summed E-state index contributed by atoms with van der Waals surface area (Å²) in [5.74, 6) is 0. The van der Waals surface area contributed by atoms with E-state index < -0.39 is 10.0 Å². The Morgan fingerprint density at radius 2 is 1.62 bits per heavy atom. The van der Waals surface area contributed by atoms with Gasteiger partial charge in [-0.1, -0.05) is 29.8 Å².